The number of rotatable bonds is 5. The predicted molar refractivity (Wildman–Crippen MR) is 58.0 cm³/mol. The Kier molecular flexibility index (Phi) is 4.15. The fraction of sp³-hybridized carbons (Fsp3) is 0.600. The van der Waals surface area contributed by atoms with E-state index in [4.69, 9.17) is 16.7 Å². The zero-order valence-corrected chi connectivity index (χ0v) is 9.66. The molecule has 0 aromatic carbocycles. The molecule has 0 saturated heterocycles. The van der Waals surface area contributed by atoms with Crippen molar-refractivity contribution in [3.8, 4) is 0 Å². The molecule has 5 heteroatoms. The topological polar surface area (TPSA) is 55.1 Å². The number of carbonyl (C=O) groups is 1. The van der Waals surface area contributed by atoms with Crippen molar-refractivity contribution in [2.45, 2.75) is 33.2 Å². The molecule has 4 nitrogen and oxygen atoms in total. The standard InChI is InChI=1S/C10H15ClN2O2/c1-3-13-6-12-9(11)8(13)5-4-7(2)10(14)15/h6-7H,3-5H2,1-2H3,(H,14,15). The van der Waals surface area contributed by atoms with Gasteiger partial charge in [-0.2, -0.15) is 0 Å². The summed E-state index contributed by atoms with van der Waals surface area (Å²) < 4.78 is 1.94. The third-order valence-corrected chi connectivity index (χ3v) is 2.79. The van der Waals surface area contributed by atoms with E-state index in [1.54, 1.807) is 13.3 Å². The summed E-state index contributed by atoms with van der Waals surface area (Å²) in [6, 6.07) is 0. The van der Waals surface area contributed by atoms with E-state index in [2.05, 4.69) is 4.98 Å². The summed E-state index contributed by atoms with van der Waals surface area (Å²) in [6.45, 7) is 4.50. The van der Waals surface area contributed by atoms with Gasteiger partial charge in [0.05, 0.1) is 17.9 Å². The van der Waals surface area contributed by atoms with Crippen LogP contribution in [0.4, 0.5) is 0 Å². The van der Waals surface area contributed by atoms with Gasteiger partial charge in [0.2, 0.25) is 0 Å². The normalized spacial score (nSPS) is 12.7. The Morgan fingerprint density at radius 3 is 2.93 bits per heavy atom. The number of imidazole rings is 1. The van der Waals surface area contributed by atoms with E-state index in [-0.39, 0.29) is 5.92 Å². The molecule has 0 aliphatic carbocycles. The number of nitrogens with zero attached hydrogens (tertiary/aromatic N) is 2. The van der Waals surface area contributed by atoms with Crippen LogP contribution in [0.5, 0.6) is 0 Å². The van der Waals surface area contributed by atoms with Gasteiger partial charge in [0.1, 0.15) is 5.15 Å². The smallest absolute Gasteiger partial charge is 0.306 e. The molecular formula is C10H15ClN2O2. The molecule has 0 radical (unpaired) electrons. The van der Waals surface area contributed by atoms with Crippen molar-refractivity contribution in [1.82, 2.24) is 9.55 Å². The monoisotopic (exact) mass is 230 g/mol. The Balaban J connectivity index is 2.64. The molecular weight excluding hydrogens is 216 g/mol. The molecule has 1 atom stereocenters. The van der Waals surface area contributed by atoms with E-state index in [0.717, 1.165) is 12.2 Å². The van der Waals surface area contributed by atoms with Crippen LogP contribution in [0, 0.1) is 5.92 Å². The van der Waals surface area contributed by atoms with Crippen LogP contribution in [0.3, 0.4) is 0 Å². The zero-order valence-electron chi connectivity index (χ0n) is 8.90. The molecule has 1 aromatic heterocycles. The second kappa shape index (κ2) is 5.16. The average molecular weight is 231 g/mol. The number of halogens is 1. The summed E-state index contributed by atoms with van der Waals surface area (Å²) in [6.07, 6.45) is 2.92. The number of aromatic nitrogens is 2. The van der Waals surface area contributed by atoms with E-state index in [1.807, 2.05) is 11.5 Å². The van der Waals surface area contributed by atoms with E-state index in [1.165, 1.54) is 0 Å². The number of aryl methyl sites for hydroxylation is 1. The van der Waals surface area contributed by atoms with Crippen molar-refractivity contribution >= 4 is 17.6 Å². The molecule has 15 heavy (non-hydrogen) atoms. The predicted octanol–water partition coefficient (Wildman–Crippen LogP) is 2.21. The highest BCUT2D eigenvalue weighted by molar-refractivity contribution is 6.30. The molecule has 1 aromatic rings. The van der Waals surface area contributed by atoms with Crippen molar-refractivity contribution < 1.29 is 9.90 Å². The van der Waals surface area contributed by atoms with Gasteiger partial charge in [-0.05, 0) is 19.8 Å². The van der Waals surface area contributed by atoms with Crippen LogP contribution in [-0.4, -0.2) is 20.6 Å². The second-order valence-electron chi connectivity index (χ2n) is 3.55. The van der Waals surface area contributed by atoms with Gasteiger partial charge in [0, 0.05) is 6.54 Å². The molecule has 0 saturated carbocycles. The van der Waals surface area contributed by atoms with Crippen molar-refractivity contribution in [3.05, 3.63) is 17.2 Å². The highest BCUT2D eigenvalue weighted by atomic mass is 35.5. The van der Waals surface area contributed by atoms with Crippen LogP contribution in [0.2, 0.25) is 5.15 Å². The van der Waals surface area contributed by atoms with Gasteiger partial charge in [-0.1, -0.05) is 18.5 Å². The van der Waals surface area contributed by atoms with E-state index >= 15 is 0 Å². The summed E-state index contributed by atoms with van der Waals surface area (Å²) >= 11 is 5.91. The van der Waals surface area contributed by atoms with Gasteiger partial charge >= 0.3 is 5.97 Å². The van der Waals surface area contributed by atoms with Gasteiger partial charge < -0.3 is 9.67 Å². The van der Waals surface area contributed by atoms with Gasteiger partial charge in [-0.15, -0.1) is 0 Å². The molecule has 1 heterocycles. The molecule has 0 aliphatic rings. The maximum Gasteiger partial charge on any atom is 0.306 e. The molecule has 0 amide bonds. The lowest BCUT2D eigenvalue weighted by molar-refractivity contribution is -0.141. The maximum atomic E-state index is 10.6. The zero-order chi connectivity index (χ0) is 11.4. The highest BCUT2D eigenvalue weighted by Gasteiger charge is 2.14. The first-order valence-electron chi connectivity index (χ1n) is 4.98. The third-order valence-electron chi connectivity index (χ3n) is 2.47. The van der Waals surface area contributed by atoms with Crippen molar-refractivity contribution in [2.75, 3.05) is 0 Å². The molecule has 84 valence electrons. The first-order valence-corrected chi connectivity index (χ1v) is 5.36. The van der Waals surface area contributed by atoms with E-state index < -0.39 is 5.97 Å². The van der Waals surface area contributed by atoms with Crippen LogP contribution in [-0.2, 0) is 17.8 Å². The Hall–Kier alpha value is -1.03. The maximum absolute atomic E-state index is 10.6. The highest BCUT2D eigenvalue weighted by Crippen LogP contribution is 2.17. The van der Waals surface area contributed by atoms with Gasteiger partial charge in [-0.3, -0.25) is 4.79 Å². The van der Waals surface area contributed by atoms with Crippen LogP contribution >= 0.6 is 11.6 Å². The summed E-state index contributed by atoms with van der Waals surface area (Å²) in [7, 11) is 0. The molecule has 0 aliphatic heterocycles. The van der Waals surface area contributed by atoms with Crippen LogP contribution < -0.4 is 0 Å². The lowest BCUT2D eigenvalue weighted by Gasteiger charge is -2.08. The minimum Gasteiger partial charge on any atom is -0.481 e. The van der Waals surface area contributed by atoms with Crippen molar-refractivity contribution in [1.29, 1.82) is 0 Å². The quantitative estimate of drug-likeness (QED) is 0.844. The molecule has 0 spiro atoms. The SMILES string of the molecule is CCn1cnc(Cl)c1CCC(C)C(=O)O. The average Bonchev–Trinajstić information content (AvgIpc) is 2.55. The lowest BCUT2D eigenvalue weighted by Crippen LogP contribution is -2.11. The van der Waals surface area contributed by atoms with E-state index in [9.17, 15) is 4.79 Å². The summed E-state index contributed by atoms with van der Waals surface area (Å²) in [5.74, 6) is -1.12. The summed E-state index contributed by atoms with van der Waals surface area (Å²) in [4.78, 5) is 14.6. The van der Waals surface area contributed by atoms with Gasteiger partial charge in [0.15, 0.2) is 0 Å². The van der Waals surface area contributed by atoms with Gasteiger partial charge in [-0.25, -0.2) is 4.98 Å². The Bertz CT molecular complexity index is 349. The first kappa shape index (κ1) is 12.0. The number of hydrogen-bond donors (Lipinski definition) is 1. The van der Waals surface area contributed by atoms with E-state index in [0.29, 0.717) is 18.0 Å². The van der Waals surface area contributed by atoms with Crippen LogP contribution in [0.15, 0.2) is 6.33 Å². The second-order valence-corrected chi connectivity index (χ2v) is 3.90. The molecule has 1 unspecified atom stereocenters. The van der Waals surface area contributed by atoms with Gasteiger partial charge in [0.25, 0.3) is 0 Å². The number of carboxylic acids is 1. The molecule has 0 bridgehead atoms. The summed E-state index contributed by atoms with van der Waals surface area (Å²) in [5, 5.41) is 9.23. The van der Waals surface area contributed by atoms with Crippen molar-refractivity contribution in [3.63, 3.8) is 0 Å². The Morgan fingerprint density at radius 2 is 2.40 bits per heavy atom. The number of aliphatic carboxylic acids is 1. The number of carboxylic acid groups (broad SMARTS) is 1. The van der Waals surface area contributed by atoms with Crippen molar-refractivity contribution in [2.24, 2.45) is 5.92 Å². The summed E-state index contributed by atoms with van der Waals surface area (Å²) in [5.41, 5.74) is 0.923. The number of hydrogen-bond acceptors (Lipinski definition) is 2. The minimum absolute atomic E-state index is 0.346. The largest absolute Gasteiger partial charge is 0.481 e. The molecule has 0 fully saturated rings. The minimum atomic E-state index is -0.770. The fourth-order valence-electron chi connectivity index (χ4n) is 1.38. The molecule has 1 N–H and O–H groups in total. The fourth-order valence-corrected chi connectivity index (χ4v) is 1.63. The Morgan fingerprint density at radius 1 is 1.73 bits per heavy atom. The van der Waals surface area contributed by atoms with Crippen LogP contribution in [0.25, 0.3) is 0 Å². The Labute approximate surface area is 93.9 Å². The van der Waals surface area contributed by atoms with Crippen LogP contribution in [0.1, 0.15) is 26.0 Å². The first-order chi connectivity index (χ1) is 7.06. The third kappa shape index (κ3) is 2.96. The molecule has 1 rings (SSSR count). The lowest BCUT2D eigenvalue weighted by atomic mass is 10.0.